The van der Waals surface area contributed by atoms with E-state index in [1.54, 1.807) is 24.5 Å². The maximum absolute atomic E-state index is 13.7. The average Bonchev–Trinajstić information content (AvgIpc) is 3.98. The van der Waals surface area contributed by atoms with Crippen molar-refractivity contribution in [3.8, 4) is 34.5 Å². The minimum Gasteiger partial charge on any atom is -0.475 e. The summed E-state index contributed by atoms with van der Waals surface area (Å²) in [6.45, 7) is 12.1. The first-order valence-corrected chi connectivity index (χ1v) is 25.9. The van der Waals surface area contributed by atoms with Crippen molar-refractivity contribution in [2.45, 2.75) is 102 Å². The topological polar surface area (TPSA) is 235 Å². The normalized spacial score (nSPS) is 21.4. The van der Waals surface area contributed by atoms with Crippen molar-refractivity contribution in [3.63, 3.8) is 0 Å². The molecule has 4 atom stereocenters. The van der Waals surface area contributed by atoms with Crippen LogP contribution in [0.5, 0.6) is 11.8 Å². The fraction of sp³-hybridized carbons (Fsp3) is 0.453. The number of halogens is 6. The van der Waals surface area contributed by atoms with Crippen molar-refractivity contribution in [1.82, 2.24) is 39.9 Å². The number of benzene rings is 2. The number of rotatable bonds is 9. The molecule has 2 aromatic carbocycles. The summed E-state index contributed by atoms with van der Waals surface area (Å²) in [4.78, 5) is 53.2. The molecule has 4 saturated heterocycles. The van der Waals surface area contributed by atoms with E-state index >= 15 is 0 Å². The molecule has 6 aliphatic heterocycles. The van der Waals surface area contributed by atoms with Crippen LogP contribution in [0, 0.1) is 0 Å². The van der Waals surface area contributed by atoms with Gasteiger partial charge < -0.3 is 49.3 Å². The maximum atomic E-state index is 13.7. The minimum absolute atomic E-state index is 0.0776. The summed E-state index contributed by atoms with van der Waals surface area (Å²) in [7, 11) is 0. The standard InChI is InChI=1S/C27H28F3N7O4.C16H15F3N4.C10H15N3O3/c1-26(2)40-14-19(41-26)13-39-22-10-21(32-15-33-22)34-25(38)37-18-7-4-8-36(12-18)20-11-31-23(35-24(20)37)16-5-3-6-17(9-16)27(28,29)30;17-16(18,19)11-4-1-3-10(7-11)14-20-8-13-15(22-14)21-12-5-2-6-23(13)9-12;1-10(2)15-5-7(16-10)4-14-9-3-8(11)12-6-13-9/h3,5-6,9-11,15,18-19H,4,7-8,12-14H2,1-2H3,(H,32,33,34,38);1,3-4,7-8,12H,2,5-6,9H2,(H,20,21,22);3,6-7H,4-5H2,1-2H3,(H2,11,12,13)/t18-,19-;12-;7-/m000/s1. The van der Waals surface area contributed by atoms with E-state index in [4.69, 9.17) is 34.2 Å². The third kappa shape index (κ3) is 13.5. The Morgan fingerprint density at radius 2 is 1.27 bits per heavy atom. The Hall–Kier alpha value is -7.75. The molecule has 4 aromatic heterocycles. The van der Waals surface area contributed by atoms with E-state index in [1.165, 1.54) is 41.8 Å². The van der Waals surface area contributed by atoms with Gasteiger partial charge >= 0.3 is 18.4 Å². The summed E-state index contributed by atoms with van der Waals surface area (Å²) in [6.07, 6.45) is 0.488. The van der Waals surface area contributed by atoms with Crippen LogP contribution in [0.3, 0.4) is 0 Å². The Morgan fingerprint density at radius 3 is 1.86 bits per heavy atom. The number of fused-ring (bicyclic) bond motifs is 8. The van der Waals surface area contributed by atoms with E-state index in [1.807, 2.05) is 27.7 Å². The molecule has 4 N–H and O–H groups in total. The number of hydrogen-bond donors (Lipinski definition) is 3. The summed E-state index contributed by atoms with van der Waals surface area (Å²) in [5.74, 6) is 1.53. The Balaban J connectivity index is 0.000000154. The van der Waals surface area contributed by atoms with E-state index in [9.17, 15) is 31.1 Å². The van der Waals surface area contributed by atoms with E-state index < -0.39 is 41.1 Å². The maximum Gasteiger partial charge on any atom is 0.416 e. The molecule has 4 bridgehead atoms. The number of amides is 2. The predicted molar refractivity (Wildman–Crippen MR) is 280 cm³/mol. The highest BCUT2D eigenvalue weighted by molar-refractivity contribution is 6.04. The van der Waals surface area contributed by atoms with Crippen molar-refractivity contribution in [1.29, 1.82) is 0 Å². The Labute approximate surface area is 455 Å². The number of urea groups is 1. The van der Waals surface area contributed by atoms with Gasteiger partial charge in [0.15, 0.2) is 34.9 Å². The number of nitrogens with one attached hydrogen (secondary N) is 2. The van der Waals surface area contributed by atoms with E-state index in [-0.39, 0.29) is 47.9 Å². The molecule has 2 amide bonds. The second-order valence-electron chi connectivity index (χ2n) is 20.5. The van der Waals surface area contributed by atoms with Crippen molar-refractivity contribution in [2.24, 2.45) is 0 Å². The highest BCUT2D eigenvalue weighted by atomic mass is 19.4. The molecule has 0 spiro atoms. The van der Waals surface area contributed by atoms with Gasteiger partial charge in [0.2, 0.25) is 11.8 Å². The molecule has 12 rings (SSSR count). The smallest absolute Gasteiger partial charge is 0.416 e. The van der Waals surface area contributed by atoms with Crippen LogP contribution in [0.2, 0.25) is 0 Å². The quantitative estimate of drug-likeness (QED) is 0.115. The summed E-state index contributed by atoms with van der Waals surface area (Å²) >= 11 is 0. The number of nitrogens with two attached hydrogens (primary N) is 1. The fourth-order valence-corrected chi connectivity index (χ4v) is 9.89. The molecule has 0 unspecified atom stereocenters. The second-order valence-corrected chi connectivity index (χ2v) is 20.5. The molecule has 21 nitrogen and oxygen atoms in total. The number of ether oxygens (including phenoxy) is 6. The molecular weight excluding hydrogens is 1060 g/mol. The third-order valence-corrected chi connectivity index (χ3v) is 13.6. The van der Waals surface area contributed by atoms with Gasteiger partial charge in [0.05, 0.1) is 54.2 Å². The Bertz CT molecular complexity index is 3180. The summed E-state index contributed by atoms with van der Waals surface area (Å²) in [5, 5.41) is 6.17. The Morgan fingerprint density at radius 1 is 0.713 bits per heavy atom. The van der Waals surface area contributed by atoms with Crippen LogP contribution >= 0.6 is 0 Å². The molecule has 6 aliphatic rings. The van der Waals surface area contributed by atoms with Crippen LogP contribution in [0.25, 0.3) is 22.8 Å². The van der Waals surface area contributed by atoms with Gasteiger partial charge in [-0.05, 0) is 77.6 Å². The molecule has 424 valence electrons. The monoisotopic (exact) mass is 1120 g/mol. The largest absolute Gasteiger partial charge is 0.475 e. The third-order valence-electron chi connectivity index (χ3n) is 13.6. The number of hydrogen-bond acceptors (Lipinski definition) is 19. The lowest BCUT2D eigenvalue weighted by Gasteiger charge is -2.45. The van der Waals surface area contributed by atoms with E-state index in [2.05, 4.69) is 60.3 Å². The number of carbonyl (C=O) groups is 1. The first kappa shape index (κ1) is 55.6. The van der Waals surface area contributed by atoms with Gasteiger partial charge in [-0.25, -0.2) is 44.7 Å². The summed E-state index contributed by atoms with van der Waals surface area (Å²) in [5.41, 5.74) is 6.14. The summed E-state index contributed by atoms with van der Waals surface area (Å²) < 4.78 is 112. The summed E-state index contributed by atoms with van der Waals surface area (Å²) in [6, 6.07) is 12.7. The van der Waals surface area contributed by atoms with Gasteiger partial charge in [0, 0.05) is 55.5 Å². The van der Waals surface area contributed by atoms with Crippen LogP contribution in [0.1, 0.15) is 64.5 Å². The number of anilines is 6. The van der Waals surface area contributed by atoms with Gasteiger partial charge in [-0.15, -0.1) is 0 Å². The zero-order valence-electron chi connectivity index (χ0n) is 44.0. The molecule has 6 aromatic rings. The predicted octanol–water partition coefficient (Wildman–Crippen LogP) is 8.65. The average molecular weight is 1120 g/mol. The van der Waals surface area contributed by atoms with E-state index in [0.29, 0.717) is 72.8 Å². The van der Waals surface area contributed by atoms with Crippen LogP contribution in [0.4, 0.5) is 65.8 Å². The van der Waals surface area contributed by atoms with Crippen molar-refractivity contribution >= 4 is 40.7 Å². The van der Waals surface area contributed by atoms with E-state index in [0.717, 1.165) is 75.3 Å². The van der Waals surface area contributed by atoms with Crippen molar-refractivity contribution < 1.29 is 59.6 Å². The lowest BCUT2D eigenvalue weighted by Crippen LogP contribution is -2.56. The molecule has 0 saturated carbocycles. The number of alkyl halides is 6. The first-order valence-electron chi connectivity index (χ1n) is 25.9. The van der Waals surface area contributed by atoms with Gasteiger partial charge in [-0.1, -0.05) is 24.3 Å². The van der Waals surface area contributed by atoms with Gasteiger partial charge in [-0.3, -0.25) is 10.2 Å². The zero-order chi connectivity index (χ0) is 56.4. The van der Waals surface area contributed by atoms with Crippen LogP contribution < -0.4 is 40.5 Å². The number of nitrogens with zero attached hydrogens (tertiary/aromatic N) is 11. The molecule has 27 heteroatoms. The lowest BCUT2D eigenvalue weighted by molar-refractivity contribution is -0.142. The fourth-order valence-electron chi connectivity index (χ4n) is 9.89. The van der Waals surface area contributed by atoms with Gasteiger partial charge in [0.1, 0.15) is 49.7 Å². The Kier molecular flexibility index (Phi) is 15.8. The molecule has 10 heterocycles. The van der Waals surface area contributed by atoms with Crippen LogP contribution in [-0.2, 0) is 31.3 Å². The van der Waals surface area contributed by atoms with Gasteiger partial charge in [-0.2, -0.15) is 26.3 Å². The molecule has 0 radical (unpaired) electrons. The second kappa shape index (κ2) is 22.8. The number of carbonyl (C=O) groups excluding carboxylic acids is 1. The minimum atomic E-state index is -4.51. The van der Waals surface area contributed by atoms with Crippen molar-refractivity contribution in [3.05, 3.63) is 96.8 Å². The molecule has 0 aliphatic carbocycles. The molecule has 80 heavy (non-hydrogen) atoms. The highest BCUT2D eigenvalue weighted by Gasteiger charge is 2.40. The van der Waals surface area contributed by atoms with Crippen LogP contribution in [0.15, 0.2) is 85.7 Å². The number of piperidine rings is 2. The van der Waals surface area contributed by atoms with Crippen LogP contribution in [-0.4, -0.2) is 134 Å². The molecule has 4 fully saturated rings. The van der Waals surface area contributed by atoms with Gasteiger partial charge in [0.25, 0.3) is 0 Å². The highest BCUT2D eigenvalue weighted by Crippen LogP contribution is 2.41. The SMILES string of the molecule is CC1(C)OC[C@H](COc2cc(N)ncn2)O1.CC1(C)OC[C@H](COc2cc(NC(=O)N3c4nc(-c5cccc(C(F)(F)F)c5)ncc4N4CCC[C@H]3C4)ncn2)O1.FC(F)(F)c1cccc(-c2ncc3c(n2)N[C@H]2CCCN3C2)c1. The first-order chi connectivity index (χ1) is 38.1. The molecular formula is C53H58F6N14O7. The number of aromatic nitrogens is 8. The zero-order valence-corrected chi connectivity index (χ0v) is 44.0. The lowest BCUT2D eigenvalue weighted by atomic mass is 10.0. The number of nitrogen functional groups attached to an aromatic ring is 1. The van der Waals surface area contributed by atoms with Crippen molar-refractivity contribution in [2.75, 3.05) is 83.7 Å².